The monoisotopic (exact) mass is 262 g/mol. The third-order valence-corrected chi connectivity index (χ3v) is 3.64. The van der Waals surface area contributed by atoms with Crippen LogP contribution in [-0.4, -0.2) is 56.6 Å². The molecule has 0 aromatic heterocycles. The van der Waals surface area contributed by atoms with E-state index < -0.39 is 0 Å². The first-order valence-corrected chi connectivity index (χ1v) is 6.60. The molecule has 1 atom stereocenters. The summed E-state index contributed by atoms with van der Waals surface area (Å²) in [4.78, 5) is 14.6. The molecule has 0 spiro atoms. The van der Waals surface area contributed by atoms with Gasteiger partial charge in [-0.25, -0.2) is 0 Å². The maximum atomic E-state index is 12.5. The summed E-state index contributed by atoms with van der Waals surface area (Å²) >= 11 is 0. The van der Waals surface area contributed by atoms with Crippen molar-refractivity contribution >= 4 is 5.78 Å². The topological polar surface area (TPSA) is 50.8 Å². The van der Waals surface area contributed by atoms with Crippen LogP contribution < -0.4 is 14.8 Å². The van der Waals surface area contributed by atoms with E-state index in [9.17, 15) is 4.79 Å². The predicted octanol–water partition coefficient (Wildman–Crippen LogP) is 0.544. The molecule has 0 amide bonds. The second-order valence-corrected chi connectivity index (χ2v) is 4.92. The van der Waals surface area contributed by atoms with E-state index in [-0.39, 0.29) is 11.8 Å². The van der Waals surface area contributed by atoms with Crippen molar-refractivity contribution < 1.29 is 14.3 Å². The van der Waals surface area contributed by atoms with Gasteiger partial charge in [-0.15, -0.1) is 0 Å². The molecule has 0 bridgehead atoms. The van der Waals surface area contributed by atoms with Crippen LogP contribution in [0.25, 0.3) is 0 Å². The Balaban J connectivity index is 1.83. The molecular formula is C14H18N2O3. The fourth-order valence-corrected chi connectivity index (χ4v) is 2.49. The molecule has 1 N–H and O–H groups in total. The van der Waals surface area contributed by atoms with E-state index >= 15 is 0 Å². The fourth-order valence-electron chi connectivity index (χ4n) is 2.49. The highest BCUT2D eigenvalue weighted by molar-refractivity contribution is 6.00. The summed E-state index contributed by atoms with van der Waals surface area (Å²) in [6.45, 7) is 3.62. The third kappa shape index (κ3) is 2.43. The number of ketones is 1. The van der Waals surface area contributed by atoms with Gasteiger partial charge in [0.25, 0.3) is 0 Å². The zero-order chi connectivity index (χ0) is 13.2. The van der Waals surface area contributed by atoms with Crippen molar-refractivity contribution in [2.75, 3.05) is 39.9 Å². The van der Waals surface area contributed by atoms with Crippen LogP contribution in [0, 0.1) is 0 Å². The minimum atomic E-state index is -0.101. The lowest BCUT2D eigenvalue weighted by Crippen LogP contribution is -2.53. The second-order valence-electron chi connectivity index (χ2n) is 4.92. The van der Waals surface area contributed by atoms with Crippen molar-refractivity contribution in [2.45, 2.75) is 6.04 Å². The minimum absolute atomic E-state index is 0.101. The van der Waals surface area contributed by atoms with Gasteiger partial charge in [-0.05, 0) is 25.2 Å². The second kappa shape index (κ2) is 5.19. The molecule has 1 saturated heterocycles. The number of benzene rings is 1. The minimum Gasteiger partial charge on any atom is -0.486 e. The Morgan fingerprint density at radius 1 is 1.32 bits per heavy atom. The number of carbonyl (C=O) groups excluding carboxylic acids is 1. The molecule has 2 aliphatic heterocycles. The molecule has 1 aromatic rings. The highest BCUT2D eigenvalue weighted by Gasteiger charge is 2.27. The number of carbonyl (C=O) groups is 1. The van der Waals surface area contributed by atoms with Gasteiger partial charge in [0.2, 0.25) is 0 Å². The molecule has 5 heteroatoms. The Morgan fingerprint density at radius 3 is 2.89 bits per heavy atom. The summed E-state index contributed by atoms with van der Waals surface area (Å²) in [5.74, 6) is 1.52. The van der Waals surface area contributed by atoms with Gasteiger partial charge in [0.15, 0.2) is 17.3 Å². The van der Waals surface area contributed by atoms with Crippen LogP contribution in [0.3, 0.4) is 0 Å². The average molecular weight is 262 g/mol. The first kappa shape index (κ1) is 12.4. The Labute approximate surface area is 112 Å². The number of likely N-dealkylation sites (N-methyl/N-ethyl adjacent to an activating group) is 1. The van der Waals surface area contributed by atoms with Gasteiger partial charge in [0, 0.05) is 25.2 Å². The molecule has 0 saturated carbocycles. The molecule has 3 rings (SSSR count). The van der Waals surface area contributed by atoms with Crippen LogP contribution in [-0.2, 0) is 0 Å². The van der Waals surface area contributed by atoms with E-state index in [0.29, 0.717) is 31.1 Å². The first-order valence-electron chi connectivity index (χ1n) is 6.60. The van der Waals surface area contributed by atoms with E-state index in [0.717, 1.165) is 18.8 Å². The lowest BCUT2D eigenvalue weighted by atomic mass is 10.0. The summed E-state index contributed by atoms with van der Waals surface area (Å²) < 4.78 is 11.0. The number of hydrogen-bond donors (Lipinski definition) is 1. The number of rotatable bonds is 2. The van der Waals surface area contributed by atoms with E-state index in [2.05, 4.69) is 10.2 Å². The zero-order valence-electron chi connectivity index (χ0n) is 11.0. The summed E-state index contributed by atoms with van der Waals surface area (Å²) in [7, 11) is 1.99. The molecule has 1 aromatic carbocycles. The van der Waals surface area contributed by atoms with Crippen molar-refractivity contribution in [3.8, 4) is 11.5 Å². The van der Waals surface area contributed by atoms with Crippen molar-refractivity contribution in [2.24, 2.45) is 0 Å². The molecule has 1 fully saturated rings. The van der Waals surface area contributed by atoms with Gasteiger partial charge in [-0.1, -0.05) is 0 Å². The molecule has 5 nitrogen and oxygen atoms in total. The van der Waals surface area contributed by atoms with Crippen LogP contribution in [0.15, 0.2) is 18.2 Å². The molecule has 19 heavy (non-hydrogen) atoms. The van der Waals surface area contributed by atoms with Crippen molar-refractivity contribution in [3.05, 3.63) is 23.8 Å². The average Bonchev–Trinajstić information content (AvgIpc) is 2.46. The molecular weight excluding hydrogens is 244 g/mol. The Morgan fingerprint density at radius 2 is 2.11 bits per heavy atom. The van der Waals surface area contributed by atoms with Gasteiger partial charge in [0.05, 0.1) is 6.04 Å². The maximum Gasteiger partial charge on any atom is 0.181 e. The first-order chi connectivity index (χ1) is 9.25. The number of fused-ring (bicyclic) bond motifs is 1. The number of nitrogens with zero attached hydrogens (tertiary/aromatic N) is 1. The van der Waals surface area contributed by atoms with Crippen LogP contribution in [0.5, 0.6) is 11.5 Å². The lowest BCUT2D eigenvalue weighted by Gasteiger charge is -2.32. The van der Waals surface area contributed by atoms with E-state index in [4.69, 9.17) is 9.47 Å². The predicted molar refractivity (Wildman–Crippen MR) is 71.1 cm³/mol. The smallest absolute Gasteiger partial charge is 0.181 e. The standard InChI is InChI=1S/C14H18N2O3/c1-16-5-4-15-9-11(16)14(17)10-2-3-12-13(8-10)19-7-6-18-12/h2-3,8,11,15H,4-7,9H2,1H3. The Kier molecular flexibility index (Phi) is 3.40. The van der Waals surface area contributed by atoms with E-state index in [1.54, 1.807) is 6.07 Å². The SMILES string of the molecule is CN1CCNCC1C(=O)c1ccc2c(c1)OCCO2. The van der Waals surface area contributed by atoms with Crippen LogP contribution in [0.2, 0.25) is 0 Å². The molecule has 0 aliphatic carbocycles. The summed E-state index contributed by atoms with van der Waals surface area (Å²) in [5, 5.41) is 3.26. The largest absolute Gasteiger partial charge is 0.486 e. The van der Waals surface area contributed by atoms with Gasteiger partial charge in [-0.2, -0.15) is 0 Å². The van der Waals surface area contributed by atoms with E-state index in [1.807, 2.05) is 19.2 Å². The zero-order valence-corrected chi connectivity index (χ0v) is 11.0. The Bertz CT molecular complexity index is 490. The van der Waals surface area contributed by atoms with Crippen LogP contribution in [0.1, 0.15) is 10.4 Å². The van der Waals surface area contributed by atoms with Crippen LogP contribution >= 0.6 is 0 Å². The highest BCUT2D eigenvalue weighted by atomic mass is 16.6. The molecule has 2 heterocycles. The normalized spacial score (nSPS) is 23.1. The molecule has 2 aliphatic rings. The summed E-state index contributed by atoms with van der Waals surface area (Å²) in [5.41, 5.74) is 0.685. The maximum absolute atomic E-state index is 12.5. The third-order valence-electron chi connectivity index (χ3n) is 3.64. The van der Waals surface area contributed by atoms with Crippen molar-refractivity contribution in [3.63, 3.8) is 0 Å². The number of ether oxygens (including phenoxy) is 2. The fraction of sp³-hybridized carbons (Fsp3) is 0.500. The lowest BCUT2D eigenvalue weighted by molar-refractivity contribution is 0.0818. The molecule has 0 radical (unpaired) electrons. The number of Topliss-reactive ketones (excluding diaryl/α,β-unsaturated/α-hetero) is 1. The van der Waals surface area contributed by atoms with Gasteiger partial charge < -0.3 is 14.8 Å². The summed E-state index contributed by atoms with van der Waals surface area (Å²) in [6, 6.07) is 5.33. The van der Waals surface area contributed by atoms with Gasteiger partial charge in [-0.3, -0.25) is 9.69 Å². The molecule has 1 unspecified atom stereocenters. The van der Waals surface area contributed by atoms with E-state index in [1.165, 1.54) is 0 Å². The Hall–Kier alpha value is -1.59. The van der Waals surface area contributed by atoms with Crippen LogP contribution in [0.4, 0.5) is 0 Å². The molecule has 102 valence electrons. The number of nitrogens with one attached hydrogen (secondary N) is 1. The van der Waals surface area contributed by atoms with Gasteiger partial charge >= 0.3 is 0 Å². The van der Waals surface area contributed by atoms with Gasteiger partial charge in [0.1, 0.15) is 13.2 Å². The highest BCUT2D eigenvalue weighted by Crippen LogP contribution is 2.31. The van der Waals surface area contributed by atoms with Crippen molar-refractivity contribution in [1.29, 1.82) is 0 Å². The van der Waals surface area contributed by atoms with Crippen molar-refractivity contribution in [1.82, 2.24) is 10.2 Å². The number of hydrogen-bond acceptors (Lipinski definition) is 5. The number of piperazine rings is 1. The summed E-state index contributed by atoms with van der Waals surface area (Å²) in [6.07, 6.45) is 0. The quantitative estimate of drug-likeness (QED) is 0.789.